The lowest BCUT2D eigenvalue weighted by atomic mass is 10.1. The van der Waals surface area contributed by atoms with Gasteiger partial charge in [-0.2, -0.15) is 18.2 Å². The van der Waals surface area contributed by atoms with Gasteiger partial charge in [-0.3, -0.25) is 9.69 Å². The Morgan fingerprint density at radius 3 is 2.37 bits per heavy atom. The highest BCUT2D eigenvalue weighted by Crippen LogP contribution is 2.32. The molecule has 0 spiro atoms. The lowest BCUT2D eigenvalue weighted by Crippen LogP contribution is -2.49. The van der Waals surface area contributed by atoms with Gasteiger partial charge in [0, 0.05) is 43.7 Å². The van der Waals surface area contributed by atoms with Crippen LogP contribution in [0.1, 0.15) is 36.4 Å². The van der Waals surface area contributed by atoms with Crippen LogP contribution in [0.4, 0.5) is 22.0 Å². The molecule has 1 fully saturated rings. The third-order valence-electron chi connectivity index (χ3n) is 6.11. The molecule has 0 N–H and O–H groups in total. The molecule has 1 aliphatic heterocycles. The lowest BCUT2D eigenvalue weighted by molar-refractivity contribution is -0.137. The molecular weight excluding hydrogens is 471 g/mol. The summed E-state index contributed by atoms with van der Waals surface area (Å²) < 4.78 is 71.8. The van der Waals surface area contributed by atoms with E-state index in [1.54, 1.807) is 4.90 Å². The molecule has 2 aromatic carbocycles. The maximum atomic E-state index is 13.8. The summed E-state index contributed by atoms with van der Waals surface area (Å²) in [4.78, 5) is 20.5. The highest BCUT2D eigenvalue weighted by Gasteiger charge is 2.31. The Kier molecular flexibility index (Phi) is 7.15. The van der Waals surface area contributed by atoms with Gasteiger partial charge in [0.05, 0.1) is 11.6 Å². The van der Waals surface area contributed by atoms with Crippen molar-refractivity contribution in [3.8, 4) is 11.4 Å². The van der Waals surface area contributed by atoms with Crippen LogP contribution < -0.4 is 0 Å². The zero-order valence-corrected chi connectivity index (χ0v) is 18.9. The van der Waals surface area contributed by atoms with Gasteiger partial charge in [-0.1, -0.05) is 23.4 Å². The van der Waals surface area contributed by atoms with Crippen LogP contribution >= 0.6 is 0 Å². The number of hydrogen-bond acceptors (Lipinski definition) is 5. The van der Waals surface area contributed by atoms with Gasteiger partial charge in [0.2, 0.25) is 17.6 Å². The second kappa shape index (κ2) is 10.1. The molecule has 1 amide bonds. The molecule has 0 radical (unpaired) electrons. The van der Waals surface area contributed by atoms with Gasteiger partial charge in [0.15, 0.2) is 0 Å². The Labute approximate surface area is 198 Å². The number of nitrogens with zero attached hydrogens (tertiary/aromatic N) is 4. The third kappa shape index (κ3) is 5.67. The van der Waals surface area contributed by atoms with Crippen LogP contribution in [-0.2, 0) is 17.4 Å². The molecule has 1 aromatic heterocycles. The summed E-state index contributed by atoms with van der Waals surface area (Å²) in [5.74, 6) is -1.20. The fraction of sp³-hybridized carbons (Fsp3) is 0.375. The summed E-state index contributed by atoms with van der Waals surface area (Å²) in [7, 11) is 0. The largest absolute Gasteiger partial charge is 0.416 e. The average molecular weight is 494 g/mol. The molecule has 0 saturated carbocycles. The monoisotopic (exact) mass is 494 g/mol. The zero-order chi connectivity index (χ0) is 25.2. The zero-order valence-electron chi connectivity index (χ0n) is 18.9. The van der Waals surface area contributed by atoms with E-state index in [-0.39, 0.29) is 47.6 Å². The number of carbonyl (C=O) groups is 1. The van der Waals surface area contributed by atoms with Crippen LogP contribution in [-0.4, -0.2) is 52.0 Å². The average Bonchev–Trinajstić information content (AvgIpc) is 3.33. The van der Waals surface area contributed by atoms with E-state index >= 15 is 0 Å². The summed E-state index contributed by atoms with van der Waals surface area (Å²) in [6.07, 6.45) is -4.50. The van der Waals surface area contributed by atoms with Crippen molar-refractivity contribution in [2.75, 3.05) is 26.2 Å². The smallest absolute Gasteiger partial charge is 0.340 e. The number of rotatable bonds is 6. The molecule has 0 aliphatic carbocycles. The second-order valence-corrected chi connectivity index (χ2v) is 8.33. The SMILES string of the molecule is CC(c1nc(-c2cccc(C(F)(F)F)c2)no1)N1CCN(C(=O)CCc2c(F)cccc2F)CC1. The number of hydrogen-bond donors (Lipinski definition) is 0. The quantitative estimate of drug-likeness (QED) is 0.458. The minimum absolute atomic E-state index is 0.00256. The van der Waals surface area contributed by atoms with Crippen molar-refractivity contribution in [1.29, 1.82) is 0 Å². The van der Waals surface area contributed by atoms with Crippen molar-refractivity contribution in [3.05, 3.63) is 71.1 Å². The van der Waals surface area contributed by atoms with Crippen LogP contribution in [0.5, 0.6) is 0 Å². The van der Waals surface area contributed by atoms with E-state index in [4.69, 9.17) is 4.52 Å². The Balaban J connectivity index is 1.33. The molecule has 1 unspecified atom stereocenters. The molecule has 2 heterocycles. The summed E-state index contributed by atoms with van der Waals surface area (Å²) in [5, 5.41) is 3.83. The molecule has 35 heavy (non-hydrogen) atoms. The van der Waals surface area contributed by atoms with Crippen LogP contribution in [0.2, 0.25) is 0 Å². The van der Waals surface area contributed by atoms with Gasteiger partial charge in [-0.05, 0) is 37.6 Å². The fourth-order valence-electron chi connectivity index (χ4n) is 4.03. The topological polar surface area (TPSA) is 62.5 Å². The molecule has 4 rings (SSSR count). The lowest BCUT2D eigenvalue weighted by Gasteiger charge is -2.36. The van der Waals surface area contributed by atoms with Crippen molar-refractivity contribution >= 4 is 5.91 Å². The minimum Gasteiger partial charge on any atom is -0.340 e. The maximum absolute atomic E-state index is 13.8. The van der Waals surface area contributed by atoms with Crippen LogP contribution in [0.25, 0.3) is 11.4 Å². The first kappa shape index (κ1) is 24.8. The van der Waals surface area contributed by atoms with Gasteiger partial charge < -0.3 is 9.42 Å². The molecule has 6 nitrogen and oxygen atoms in total. The van der Waals surface area contributed by atoms with Crippen molar-refractivity contribution in [3.63, 3.8) is 0 Å². The third-order valence-corrected chi connectivity index (χ3v) is 6.11. The number of alkyl halides is 3. The first-order chi connectivity index (χ1) is 16.6. The summed E-state index contributed by atoms with van der Waals surface area (Å²) in [6, 6.07) is 8.00. The van der Waals surface area contributed by atoms with Crippen molar-refractivity contribution in [2.24, 2.45) is 0 Å². The maximum Gasteiger partial charge on any atom is 0.416 e. The van der Waals surface area contributed by atoms with E-state index in [1.807, 2.05) is 11.8 Å². The number of piperazine rings is 1. The summed E-state index contributed by atoms with van der Waals surface area (Å²) in [6.45, 7) is 3.67. The van der Waals surface area contributed by atoms with Gasteiger partial charge in [0.25, 0.3) is 0 Å². The second-order valence-electron chi connectivity index (χ2n) is 8.33. The molecule has 3 aromatic rings. The van der Waals surface area contributed by atoms with E-state index in [0.717, 1.165) is 12.1 Å². The highest BCUT2D eigenvalue weighted by atomic mass is 19.4. The predicted molar refractivity (Wildman–Crippen MR) is 116 cm³/mol. The Morgan fingerprint density at radius 1 is 1.06 bits per heavy atom. The highest BCUT2D eigenvalue weighted by molar-refractivity contribution is 5.76. The molecule has 1 atom stereocenters. The van der Waals surface area contributed by atoms with Crippen molar-refractivity contribution in [2.45, 2.75) is 32.0 Å². The van der Waals surface area contributed by atoms with Crippen molar-refractivity contribution < 1.29 is 31.3 Å². The van der Waals surface area contributed by atoms with E-state index in [0.29, 0.717) is 26.2 Å². The van der Waals surface area contributed by atoms with E-state index in [9.17, 15) is 26.7 Å². The van der Waals surface area contributed by atoms with Gasteiger partial charge in [0.1, 0.15) is 11.6 Å². The number of carbonyl (C=O) groups excluding carboxylic acids is 1. The summed E-state index contributed by atoms with van der Waals surface area (Å²) in [5.41, 5.74) is -0.697. The van der Waals surface area contributed by atoms with Gasteiger partial charge in [-0.25, -0.2) is 8.78 Å². The van der Waals surface area contributed by atoms with E-state index < -0.39 is 23.4 Å². The molecule has 1 aliphatic rings. The minimum atomic E-state index is -4.48. The predicted octanol–water partition coefficient (Wildman–Crippen LogP) is 4.87. The molecule has 186 valence electrons. The Morgan fingerprint density at radius 2 is 1.71 bits per heavy atom. The fourth-order valence-corrected chi connectivity index (χ4v) is 4.03. The number of halogens is 5. The summed E-state index contributed by atoms with van der Waals surface area (Å²) >= 11 is 0. The van der Waals surface area contributed by atoms with Crippen molar-refractivity contribution in [1.82, 2.24) is 19.9 Å². The number of amides is 1. The van der Waals surface area contributed by atoms with Gasteiger partial charge in [-0.15, -0.1) is 0 Å². The Hall–Kier alpha value is -3.34. The van der Waals surface area contributed by atoms with E-state index in [1.165, 1.54) is 30.3 Å². The molecule has 1 saturated heterocycles. The number of aromatic nitrogens is 2. The molecular formula is C24H23F5N4O2. The van der Waals surface area contributed by atoms with Crippen LogP contribution in [0.15, 0.2) is 47.0 Å². The van der Waals surface area contributed by atoms with Crippen LogP contribution in [0, 0.1) is 11.6 Å². The van der Waals surface area contributed by atoms with E-state index in [2.05, 4.69) is 10.1 Å². The van der Waals surface area contributed by atoms with Gasteiger partial charge >= 0.3 is 6.18 Å². The molecule has 0 bridgehead atoms. The Bertz CT molecular complexity index is 1170. The normalized spacial score (nSPS) is 15.9. The standard InChI is InChI=1S/C24H23F5N4O2/c1-15(23-30-22(31-35-23)16-4-2-5-17(14-16)24(27,28)29)32-10-12-33(13-11-32)21(34)9-8-18-19(25)6-3-7-20(18)26/h2-7,14-15H,8-13H2,1H3. The van der Waals surface area contributed by atoms with Crippen LogP contribution in [0.3, 0.4) is 0 Å². The molecule has 11 heteroatoms. The first-order valence-electron chi connectivity index (χ1n) is 11.1. The number of benzene rings is 2. The first-order valence-corrected chi connectivity index (χ1v) is 11.1.